The number of hydrogen-bond acceptors (Lipinski definition) is 6. The molecule has 8 nitrogen and oxygen atoms in total. The first-order valence-corrected chi connectivity index (χ1v) is 10.3. The molecule has 8 heteroatoms. The van der Waals surface area contributed by atoms with Crippen LogP contribution in [0, 0.1) is 0 Å². The second kappa shape index (κ2) is 8.66. The van der Waals surface area contributed by atoms with Crippen LogP contribution in [-0.2, 0) is 11.3 Å². The Morgan fingerprint density at radius 1 is 1.12 bits per heavy atom. The van der Waals surface area contributed by atoms with Crippen molar-refractivity contribution in [2.75, 3.05) is 18.6 Å². The molecule has 2 aromatic carbocycles. The van der Waals surface area contributed by atoms with Gasteiger partial charge in [-0.25, -0.2) is 4.79 Å². The van der Waals surface area contributed by atoms with Gasteiger partial charge in [0.2, 0.25) is 0 Å². The molecule has 0 bridgehead atoms. The van der Waals surface area contributed by atoms with E-state index in [1.807, 2.05) is 6.92 Å². The van der Waals surface area contributed by atoms with Crippen molar-refractivity contribution in [3.05, 3.63) is 77.1 Å². The first-order valence-electron chi connectivity index (χ1n) is 10.3. The van der Waals surface area contributed by atoms with Crippen molar-refractivity contribution in [2.24, 2.45) is 0 Å². The zero-order valence-corrected chi connectivity index (χ0v) is 18.1. The summed E-state index contributed by atoms with van der Waals surface area (Å²) in [5, 5.41) is 4.19. The number of fused-ring (bicyclic) bond motifs is 1. The van der Waals surface area contributed by atoms with Crippen LogP contribution in [0.2, 0.25) is 0 Å². The third kappa shape index (κ3) is 3.75. The highest BCUT2D eigenvalue weighted by Gasteiger charge is 2.36. The van der Waals surface area contributed by atoms with E-state index in [-0.39, 0.29) is 35.6 Å². The van der Waals surface area contributed by atoms with E-state index in [4.69, 9.17) is 9.47 Å². The lowest BCUT2D eigenvalue weighted by Crippen LogP contribution is -2.47. The maximum Gasteiger partial charge on any atom is 0.342 e. The number of amides is 1. The Bertz CT molecular complexity index is 1180. The molecule has 0 fully saturated rings. The Hall–Kier alpha value is -3.94. The van der Waals surface area contributed by atoms with E-state index in [2.05, 4.69) is 5.10 Å². The molecule has 1 aliphatic rings. The lowest BCUT2D eigenvalue weighted by molar-refractivity contribution is 0.0522. The first kappa shape index (κ1) is 21.3. The van der Waals surface area contributed by atoms with Gasteiger partial charge >= 0.3 is 5.97 Å². The molecular formula is C24H23N3O5. The van der Waals surface area contributed by atoms with Crippen LogP contribution >= 0.6 is 0 Å². The Labute approximate surface area is 185 Å². The van der Waals surface area contributed by atoms with Crippen LogP contribution in [0.25, 0.3) is 0 Å². The zero-order valence-electron chi connectivity index (χ0n) is 18.1. The number of ether oxygens (including phenoxy) is 2. The third-order valence-electron chi connectivity index (χ3n) is 5.37. The van der Waals surface area contributed by atoms with Gasteiger partial charge in [0.25, 0.3) is 5.91 Å². The van der Waals surface area contributed by atoms with Crippen LogP contribution in [0.1, 0.15) is 50.6 Å². The molecule has 0 saturated carbocycles. The topological polar surface area (TPSA) is 90.7 Å². The zero-order chi connectivity index (χ0) is 22.8. The van der Waals surface area contributed by atoms with Crippen molar-refractivity contribution < 1.29 is 23.9 Å². The summed E-state index contributed by atoms with van der Waals surface area (Å²) in [7, 11) is 1.55. The molecule has 0 aliphatic carbocycles. The summed E-state index contributed by atoms with van der Waals surface area (Å²) in [6.45, 7) is 4.26. The molecule has 1 aliphatic heterocycles. The Morgan fingerprint density at radius 2 is 1.88 bits per heavy atom. The van der Waals surface area contributed by atoms with Crippen LogP contribution in [0.4, 0.5) is 5.69 Å². The van der Waals surface area contributed by atoms with Crippen LogP contribution < -0.4 is 9.64 Å². The Morgan fingerprint density at radius 3 is 2.56 bits per heavy atom. The first-order chi connectivity index (χ1) is 15.4. The SMILES string of the molecule is CCOC(=O)c1cnn2c1C(=O)N(c1ccc(C(=O)c3cccc(OC)c3)cc1)[C@@H](C)C2. The molecule has 164 valence electrons. The van der Waals surface area contributed by atoms with Crippen LogP contribution in [0.5, 0.6) is 5.75 Å². The van der Waals surface area contributed by atoms with Gasteiger partial charge in [-0.15, -0.1) is 0 Å². The quantitative estimate of drug-likeness (QED) is 0.437. The van der Waals surface area contributed by atoms with Crippen molar-refractivity contribution in [1.29, 1.82) is 0 Å². The Balaban J connectivity index is 1.62. The number of benzene rings is 2. The molecule has 3 aromatic rings. The van der Waals surface area contributed by atoms with Crippen molar-refractivity contribution in [2.45, 2.75) is 26.4 Å². The maximum absolute atomic E-state index is 13.3. The molecule has 0 saturated heterocycles. The van der Waals surface area contributed by atoms with Gasteiger partial charge in [-0.3, -0.25) is 14.3 Å². The molecule has 0 N–H and O–H groups in total. The predicted octanol–water partition coefficient (Wildman–Crippen LogP) is 3.35. The molecule has 0 spiro atoms. The van der Waals surface area contributed by atoms with Crippen LogP contribution in [0.15, 0.2) is 54.7 Å². The number of carbonyl (C=O) groups is 3. The summed E-state index contributed by atoms with van der Waals surface area (Å²) < 4.78 is 11.8. The largest absolute Gasteiger partial charge is 0.497 e. The van der Waals surface area contributed by atoms with E-state index in [9.17, 15) is 14.4 Å². The molecule has 1 aromatic heterocycles. The minimum atomic E-state index is -0.573. The fourth-order valence-electron chi connectivity index (χ4n) is 3.83. The number of nitrogens with zero attached hydrogens (tertiary/aromatic N) is 3. The number of anilines is 1. The molecule has 4 rings (SSSR count). The fourth-order valence-corrected chi connectivity index (χ4v) is 3.83. The van der Waals surface area contributed by atoms with E-state index in [1.54, 1.807) is 67.5 Å². The van der Waals surface area contributed by atoms with Crippen molar-refractivity contribution >= 4 is 23.3 Å². The van der Waals surface area contributed by atoms with Gasteiger partial charge in [-0.05, 0) is 50.2 Å². The number of rotatable bonds is 6. The van der Waals surface area contributed by atoms with E-state index in [0.29, 0.717) is 29.1 Å². The van der Waals surface area contributed by atoms with Gasteiger partial charge in [0.1, 0.15) is 17.0 Å². The molecule has 1 amide bonds. The normalized spacial score (nSPS) is 15.3. The summed E-state index contributed by atoms with van der Waals surface area (Å²) in [6.07, 6.45) is 1.37. The van der Waals surface area contributed by atoms with Gasteiger partial charge in [0, 0.05) is 16.8 Å². The molecule has 0 unspecified atom stereocenters. The second-order valence-corrected chi connectivity index (χ2v) is 7.44. The lowest BCUT2D eigenvalue weighted by atomic mass is 10.0. The van der Waals surface area contributed by atoms with Gasteiger partial charge in [-0.2, -0.15) is 5.10 Å². The third-order valence-corrected chi connectivity index (χ3v) is 5.37. The molecule has 2 heterocycles. The van der Waals surface area contributed by atoms with E-state index >= 15 is 0 Å². The number of carbonyl (C=O) groups excluding carboxylic acids is 3. The van der Waals surface area contributed by atoms with Crippen LogP contribution in [0.3, 0.4) is 0 Å². The minimum Gasteiger partial charge on any atom is -0.497 e. The van der Waals surface area contributed by atoms with Crippen LogP contribution in [-0.4, -0.2) is 47.2 Å². The summed E-state index contributed by atoms with van der Waals surface area (Å²) in [5.41, 5.74) is 2.00. The van der Waals surface area contributed by atoms with E-state index in [1.165, 1.54) is 10.9 Å². The van der Waals surface area contributed by atoms with Gasteiger partial charge in [0.15, 0.2) is 5.78 Å². The number of methoxy groups -OCH3 is 1. The predicted molar refractivity (Wildman–Crippen MR) is 117 cm³/mol. The number of esters is 1. The van der Waals surface area contributed by atoms with E-state index < -0.39 is 5.97 Å². The van der Waals surface area contributed by atoms with Crippen molar-refractivity contribution in [1.82, 2.24) is 9.78 Å². The molecule has 32 heavy (non-hydrogen) atoms. The van der Waals surface area contributed by atoms with Gasteiger partial charge in [0.05, 0.1) is 32.5 Å². The highest BCUT2D eigenvalue weighted by Crippen LogP contribution is 2.28. The van der Waals surface area contributed by atoms with Crippen molar-refractivity contribution in [3.63, 3.8) is 0 Å². The van der Waals surface area contributed by atoms with Crippen molar-refractivity contribution in [3.8, 4) is 5.75 Å². The monoisotopic (exact) mass is 433 g/mol. The number of hydrogen-bond donors (Lipinski definition) is 0. The van der Waals surface area contributed by atoms with E-state index in [0.717, 1.165) is 0 Å². The smallest absolute Gasteiger partial charge is 0.342 e. The van der Waals surface area contributed by atoms with Gasteiger partial charge in [-0.1, -0.05) is 12.1 Å². The lowest BCUT2D eigenvalue weighted by Gasteiger charge is -2.34. The summed E-state index contributed by atoms with van der Waals surface area (Å²) in [6, 6.07) is 13.6. The minimum absolute atomic E-state index is 0.142. The summed E-state index contributed by atoms with van der Waals surface area (Å²) in [5.74, 6) is -0.447. The highest BCUT2D eigenvalue weighted by atomic mass is 16.5. The number of ketones is 1. The van der Waals surface area contributed by atoms with Gasteiger partial charge < -0.3 is 14.4 Å². The molecule has 1 atom stereocenters. The second-order valence-electron chi connectivity index (χ2n) is 7.44. The Kier molecular flexibility index (Phi) is 5.77. The summed E-state index contributed by atoms with van der Waals surface area (Å²) in [4.78, 5) is 40.0. The molecular weight excluding hydrogens is 410 g/mol. The summed E-state index contributed by atoms with van der Waals surface area (Å²) >= 11 is 0. The average Bonchev–Trinajstić information content (AvgIpc) is 3.23. The maximum atomic E-state index is 13.3. The highest BCUT2D eigenvalue weighted by molar-refractivity contribution is 6.12. The standard InChI is InChI=1S/C24H23N3O5/c1-4-32-24(30)20-13-25-26-14-15(2)27(23(29)21(20)26)18-10-8-16(9-11-18)22(28)17-6-5-7-19(12-17)31-3/h5-13,15H,4,14H2,1-3H3/t15-/m0/s1. The molecule has 0 radical (unpaired) electrons. The fraction of sp³-hybridized carbons (Fsp3) is 0.250. The number of aromatic nitrogens is 2. The average molecular weight is 433 g/mol.